The number of aromatic nitrogens is 2. The molecule has 0 amide bonds. The van der Waals surface area contributed by atoms with Crippen LogP contribution in [0.2, 0.25) is 0 Å². The molecule has 6 nitrogen and oxygen atoms in total. The number of hydrogen-bond donors (Lipinski definition) is 3. The molecule has 1 fully saturated rings. The standard InChI is InChI=1S/C13H24N4O2S2/c1-4-14-8-11-12(10(2)16-17-11)21(18,19)15-9-13(3)6-5-7-20-13/h14-15H,4-9H2,1-3H3,(H,16,17). The fourth-order valence-corrected chi connectivity index (χ4v) is 5.35. The molecule has 0 spiro atoms. The van der Waals surface area contributed by atoms with E-state index in [9.17, 15) is 8.42 Å². The van der Waals surface area contributed by atoms with Crippen LogP contribution in [0.1, 0.15) is 38.1 Å². The number of sulfonamides is 1. The van der Waals surface area contributed by atoms with E-state index in [0.29, 0.717) is 24.5 Å². The summed E-state index contributed by atoms with van der Waals surface area (Å²) in [5.41, 5.74) is 1.13. The molecule has 0 aromatic carbocycles. The first-order chi connectivity index (χ1) is 9.88. The molecule has 3 N–H and O–H groups in total. The van der Waals surface area contributed by atoms with Crippen LogP contribution in [-0.4, -0.2) is 42.2 Å². The van der Waals surface area contributed by atoms with Gasteiger partial charge in [0.15, 0.2) is 0 Å². The molecule has 0 saturated carbocycles. The molecule has 1 unspecified atom stereocenters. The molecule has 120 valence electrons. The zero-order chi connectivity index (χ0) is 15.5. The number of aromatic amines is 1. The van der Waals surface area contributed by atoms with E-state index in [1.165, 1.54) is 0 Å². The van der Waals surface area contributed by atoms with Gasteiger partial charge in [0.25, 0.3) is 0 Å². The lowest BCUT2D eigenvalue weighted by Crippen LogP contribution is -2.37. The third-order valence-electron chi connectivity index (χ3n) is 3.71. The molecule has 21 heavy (non-hydrogen) atoms. The van der Waals surface area contributed by atoms with Gasteiger partial charge in [0, 0.05) is 17.8 Å². The van der Waals surface area contributed by atoms with Crippen LogP contribution in [-0.2, 0) is 16.6 Å². The molecule has 8 heteroatoms. The highest BCUT2D eigenvalue weighted by Crippen LogP contribution is 2.37. The van der Waals surface area contributed by atoms with Gasteiger partial charge >= 0.3 is 0 Å². The summed E-state index contributed by atoms with van der Waals surface area (Å²) in [7, 11) is -3.53. The highest BCUT2D eigenvalue weighted by atomic mass is 32.2. The van der Waals surface area contributed by atoms with Crippen LogP contribution >= 0.6 is 11.8 Å². The Kier molecular flexibility index (Phi) is 5.34. The van der Waals surface area contributed by atoms with Crippen molar-refractivity contribution in [2.24, 2.45) is 0 Å². The van der Waals surface area contributed by atoms with Gasteiger partial charge in [-0.25, -0.2) is 13.1 Å². The van der Waals surface area contributed by atoms with Crippen molar-refractivity contribution in [3.05, 3.63) is 11.4 Å². The minimum atomic E-state index is -3.53. The normalized spacial score (nSPS) is 22.8. The minimum Gasteiger partial charge on any atom is -0.311 e. The van der Waals surface area contributed by atoms with Crippen molar-refractivity contribution in [1.82, 2.24) is 20.2 Å². The second-order valence-electron chi connectivity index (χ2n) is 5.63. The number of nitrogens with zero attached hydrogens (tertiary/aromatic N) is 1. The lowest BCUT2D eigenvalue weighted by atomic mass is 10.1. The smallest absolute Gasteiger partial charge is 0.244 e. The van der Waals surface area contributed by atoms with Gasteiger partial charge in [0.1, 0.15) is 4.90 Å². The van der Waals surface area contributed by atoms with Crippen molar-refractivity contribution in [2.45, 2.75) is 49.8 Å². The summed E-state index contributed by atoms with van der Waals surface area (Å²) in [5.74, 6) is 1.11. The van der Waals surface area contributed by atoms with Crippen LogP contribution < -0.4 is 10.0 Å². The predicted molar refractivity (Wildman–Crippen MR) is 86.0 cm³/mol. The number of aryl methyl sites for hydroxylation is 1. The Hall–Kier alpha value is -0.570. The fraction of sp³-hybridized carbons (Fsp3) is 0.769. The Morgan fingerprint density at radius 2 is 2.24 bits per heavy atom. The quantitative estimate of drug-likeness (QED) is 0.702. The monoisotopic (exact) mass is 332 g/mol. The summed E-state index contributed by atoms with van der Waals surface area (Å²) in [5, 5.41) is 10.00. The van der Waals surface area contributed by atoms with Crippen LogP contribution in [0.25, 0.3) is 0 Å². The highest BCUT2D eigenvalue weighted by molar-refractivity contribution is 8.01. The van der Waals surface area contributed by atoms with Gasteiger partial charge in [-0.15, -0.1) is 0 Å². The van der Waals surface area contributed by atoms with Gasteiger partial charge in [-0.1, -0.05) is 6.92 Å². The fourth-order valence-electron chi connectivity index (χ4n) is 2.49. The van der Waals surface area contributed by atoms with Gasteiger partial charge in [-0.05, 0) is 39.0 Å². The first kappa shape index (κ1) is 16.8. The summed E-state index contributed by atoms with van der Waals surface area (Å²) in [6, 6.07) is 0. The van der Waals surface area contributed by atoms with E-state index < -0.39 is 10.0 Å². The summed E-state index contributed by atoms with van der Waals surface area (Å²) < 4.78 is 27.9. The van der Waals surface area contributed by atoms with Gasteiger partial charge in [0.05, 0.1) is 11.4 Å². The van der Waals surface area contributed by atoms with Crippen LogP contribution in [0.4, 0.5) is 0 Å². The van der Waals surface area contributed by atoms with Gasteiger partial charge < -0.3 is 5.32 Å². The van der Waals surface area contributed by atoms with Crippen molar-refractivity contribution in [1.29, 1.82) is 0 Å². The Morgan fingerprint density at radius 1 is 1.48 bits per heavy atom. The van der Waals surface area contributed by atoms with Crippen LogP contribution in [0.15, 0.2) is 4.90 Å². The lowest BCUT2D eigenvalue weighted by molar-refractivity contribution is 0.550. The Morgan fingerprint density at radius 3 is 2.86 bits per heavy atom. The van der Waals surface area contributed by atoms with E-state index in [0.717, 1.165) is 25.1 Å². The molecule has 1 aromatic heterocycles. The van der Waals surface area contributed by atoms with E-state index >= 15 is 0 Å². The van der Waals surface area contributed by atoms with Crippen molar-refractivity contribution in [3.8, 4) is 0 Å². The molecule has 1 atom stereocenters. The molecule has 1 aromatic rings. The molecular weight excluding hydrogens is 308 g/mol. The van der Waals surface area contributed by atoms with E-state index in [4.69, 9.17) is 0 Å². The second kappa shape index (κ2) is 6.68. The summed E-state index contributed by atoms with van der Waals surface area (Å²) >= 11 is 1.84. The molecule has 2 rings (SSSR count). The van der Waals surface area contributed by atoms with Crippen molar-refractivity contribution in [3.63, 3.8) is 0 Å². The second-order valence-corrected chi connectivity index (χ2v) is 9.02. The number of rotatable bonds is 7. The van der Waals surface area contributed by atoms with Crippen LogP contribution in [0.3, 0.4) is 0 Å². The van der Waals surface area contributed by atoms with Crippen LogP contribution in [0.5, 0.6) is 0 Å². The average Bonchev–Trinajstić information content (AvgIpc) is 3.02. The maximum atomic E-state index is 12.6. The first-order valence-corrected chi connectivity index (χ1v) is 9.73. The largest absolute Gasteiger partial charge is 0.311 e. The Labute approximate surface area is 130 Å². The molecule has 1 aliphatic rings. The predicted octanol–water partition coefficient (Wildman–Crippen LogP) is 1.39. The zero-order valence-electron chi connectivity index (χ0n) is 12.8. The molecule has 1 aliphatic heterocycles. The van der Waals surface area contributed by atoms with E-state index in [2.05, 4.69) is 27.2 Å². The topological polar surface area (TPSA) is 86.9 Å². The van der Waals surface area contributed by atoms with Gasteiger partial charge in [-0.3, -0.25) is 5.10 Å². The summed E-state index contributed by atoms with van der Waals surface area (Å²) in [6.45, 7) is 7.52. The number of hydrogen-bond acceptors (Lipinski definition) is 5. The molecule has 0 bridgehead atoms. The summed E-state index contributed by atoms with van der Waals surface area (Å²) in [4.78, 5) is 0.287. The Balaban J connectivity index is 2.13. The molecule has 0 aliphatic carbocycles. The van der Waals surface area contributed by atoms with E-state index in [1.54, 1.807) is 6.92 Å². The minimum absolute atomic E-state index is 0.00649. The SMILES string of the molecule is CCNCc1n[nH]c(C)c1S(=O)(=O)NCC1(C)CCCS1. The number of H-pyrrole nitrogens is 1. The van der Waals surface area contributed by atoms with E-state index in [-0.39, 0.29) is 9.64 Å². The maximum absolute atomic E-state index is 12.6. The lowest BCUT2D eigenvalue weighted by Gasteiger charge is -2.22. The number of thioether (sulfide) groups is 1. The average molecular weight is 332 g/mol. The van der Waals surface area contributed by atoms with Crippen molar-refractivity contribution >= 4 is 21.8 Å². The Bertz CT molecular complexity index is 577. The maximum Gasteiger partial charge on any atom is 0.244 e. The molecule has 0 radical (unpaired) electrons. The third-order valence-corrected chi connectivity index (χ3v) is 6.85. The molecular formula is C13H24N4O2S2. The first-order valence-electron chi connectivity index (χ1n) is 7.26. The third kappa shape index (κ3) is 4.00. The highest BCUT2D eigenvalue weighted by Gasteiger charge is 2.32. The van der Waals surface area contributed by atoms with Crippen molar-refractivity contribution in [2.75, 3.05) is 18.8 Å². The van der Waals surface area contributed by atoms with Gasteiger partial charge in [0.2, 0.25) is 10.0 Å². The summed E-state index contributed by atoms with van der Waals surface area (Å²) in [6.07, 6.45) is 2.20. The van der Waals surface area contributed by atoms with Crippen molar-refractivity contribution < 1.29 is 8.42 Å². The zero-order valence-corrected chi connectivity index (χ0v) is 14.5. The molecule has 2 heterocycles. The van der Waals surface area contributed by atoms with E-state index in [1.807, 2.05) is 18.7 Å². The number of nitrogens with one attached hydrogen (secondary N) is 3. The van der Waals surface area contributed by atoms with Gasteiger partial charge in [-0.2, -0.15) is 16.9 Å². The molecule has 1 saturated heterocycles. The van der Waals surface area contributed by atoms with Crippen LogP contribution in [0, 0.1) is 6.92 Å².